The van der Waals surface area contributed by atoms with Crippen molar-refractivity contribution in [2.45, 2.75) is 46.3 Å². The second-order valence-corrected chi connectivity index (χ2v) is 8.45. The Kier molecular flexibility index (Phi) is 9.72. The molecule has 8 nitrogen and oxygen atoms in total. The highest BCUT2D eigenvalue weighted by Crippen LogP contribution is 2.21. The first-order valence-corrected chi connectivity index (χ1v) is 12.1. The van der Waals surface area contributed by atoms with Crippen molar-refractivity contribution in [2.75, 3.05) is 18.6 Å². The molecule has 1 aromatic carbocycles. The predicted octanol–water partition coefficient (Wildman–Crippen LogP) is 3.47. The van der Waals surface area contributed by atoms with E-state index in [-0.39, 0.29) is 12.3 Å². The van der Waals surface area contributed by atoms with Crippen LogP contribution >= 0.6 is 11.8 Å². The number of Topliss-reactive ketones (excluding diaryl/α,β-unsaturated/α-hetero) is 1. The lowest BCUT2D eigenvalue weighted by atomic mass is 10.1. The molecule has 0 aliphatic rings. The van der Waals surface area contributed by atoms with E-state index in [0.29, 0.717) is 34.6 Å². The maximum Gasteiger partial charge on any atom is 0.340 e. The summed E-state index contributed by atoms with van der Waals surface area (Å²) in [5.41, 5.74) is 1.85. The molecule has 1 amide bonds. The van der Waals surface area contributed by atoms with E-state index in [1.807, 2.05) is 6.26 Å². The standard InChI is InChI=1S/C24H30N2O6S/c1-6-31-24(30)19-14(2)20(25-15(19)3)21(27)16(4)32-23(29)18(12-13-33-5)26-22(28)17-10-8-7-9-11-17/h7-11,16,18,25H,6,12-13H2,1-5H3,(H,26,28)/t16-,18+/m1/s1. The van der Waals surface area contributed by atoms with Crippen LogP contribution in [0.5, 0.6) is 0 Å². The Hall–Kier alpha value is -3.07. The molecule has 2 atom stereocenters. The summed E-state index contributed by atoms with van der Waals surface area (Å²) in [6, 6.07) is 7.65. The molecule has 33 heavy (non-hydrogen) atoms. The normalized spacial score (nSPS) is 12.5. The zero-order valence-corrected chi connectivity index (χ0v) is 20.3. The number of aromatic amines is 1. The molecule has 0 aliphatic heterocycles. The predicted molar refractivity (Wildman–Crippen MR) is 127 cm³/mol. The van der Waals surface area contributed by atoms with Crippen LogP contribution in [0, 0.1) is 13.8 Å². The van der Waals surface area contributed by atoms with E-state index in [1.54, 1.807) is 51.1 Å². The summed E-state index contributed by atoms with van der Waals surface area (Å²) >= 11 is 1.53. The fraction of sp³-hybridized carbons (Fsp3) is 0.417. The first-order chi connectivity index (χ1) is 15.7. The van der Waals surface area contributed by atoms with E-state index >= 15 is 0 Å². The maximum absolute atomic E-state index is 13.0. The van der Waals surface area contributed by atoms with E-state index in [4.69, 9.17) is 9.47 Å². The lowest BCUT2D eigenvalue weighted by Gasteiger charge is -2.20. The third-order valence-corrected chi connectivity index (χ3v) is 5.71. The summed E-state index contributed by atoms with van der Waals surface area (Å²) in [5, 5.41) is 2.70. The Morgan fingerprint density at radius 1 is 1.12 bits per heavy atom. The van der Waals surface area contributed by atoms with Gasteiger partial charge in [-0.2, -0.15) is 11.8 Å². The summed E-state index contributed by atoms with van der Waals surface area (Å²) < 4.78 is 10.5. The smallest absolute Gasteiger partial charge is 0.340 e. The van der Waals surface area contributed by atoms with Crippen LogP contribution in [0.1, 0.15) is 62.7 Å². The van der Waals surface area contributed by atoms with Gasteiger partial charge in [0.25, 0.3) is 5.91 Å². The number of rotatable bonds is 11. The number of esters is 2. The molecular weight excluding hydrogens is 444 g/mol. The Morgan fingerprint density at radius 3 is 2.39 bits per heavy atom. The highest BCUT2D eigenvalue weighted by atomic mass is 32.2. The van der Waals surface area contributed by atoms with Crippen LogP contribution in [0.25, 0.3) is 0 Å². The molecule has 0 radical (unpaired) electrons. The number of nitrogens with one attached hydrogen (secondary N) is 2. The van der Waals surface area contributed by atoms with Crippen molar-refractivity contribution in [3.8, 4) is 0 Å². The van der Waals surface area contributed by atoms with Crippen molar-refractivity contribution < 1.29 is 28.7 Å². The number of H-pyrrole nitrogens is 1. The highest BCUT2D eigenvalue weighted by Gasteiger charge is 2.30. The Bertz CT molecular complexity index is 1000. The van der Waals surface area contributed by atoms with Gasteiger partial charge in [0, 0.05) is 11.3 Å². The molecule has 2 N–H and O–H groups in total. The van der Waals surface area contributed by atoms with Crippen LogP contribution in [0.4, 0.5) is 0 Å². The lowest BCUT2D eigenvalue weighted by Crippen LogP contribution is -2.44. The molecule has 2 aromatic rings. The summed E-state index contributed by atoms with van der Waals surface area (Å²) in [6.07, 6.45) is 1.13. The molecule has 1 heterocycles. The van der Waals surface area contributed by atoms with Gasteiger partial charge in [0.15, 0.2) is 6.10 Å². The molecule has 1 aromatic heterocycles. The van der Waals surface area contributed by atoms with Gasteiger partial charge in [0.2, 0.25) is 5.78 Å². The van der Waals surface area contributed by atoms with Crippen molar-refractivity contribution >= 4 is 35.4 Å². The van der Waals surface area contributed by atoms with Crippen molar-refractivity contribution in [1.29, 1.82) is 0 Å². The summed E-state index contributed by atoms with van der Waals surface area (Å²) in [7, 11) is 0. The fourth-order valence-corrected chi connectivity index (χ4v) is 3.81. The lowest BCUT2D eigenvalue weighted by molar-refractivity contribution is -0.148. The minimum atomic E-state index is -1.12. The van der Waals surface area contributed by atoms with Crippen LogP contribution in [-0.4, -0.2) is 59.4 Å². The van der Waals surface area contributed by atoms with Gasteiger partial charge in [0.05, 0.1) is 17.9 Å². The number of hydrogen-bond acceptors (Lipinski definition) is 7. The van der Waals surface area contributed by atoms with E-state index in [1.165, 1.54) is 18.7 Å². The molecule has 0 unspecified atom stereocenters. The van der Waals surface area contributed by atoms with Crippen molar-refractivity contribution in [3.63, 3.8) is 0 Å². The van der Waals surface area contributed by atoms with Gasteiger partial charge >= 0.3 is 11.9 Å². The molecule has 0 saturated heterocycles. The minimum Gasteiger partial charge on any atom is -0.462 e. The largest absolute Gasteiger partial charge is 0.462 e. The van der Waals surface area contributed by atoms with Crippen LogP contribution < -0.4 is 5.32 Å². The van der Waals surface area contributed by atoms with Crippen LogP contribution in [0.3, 0.4) is 0 Å². The topological polar surface area (TPSA) is 115 Å². The number of ketones is 1. The number of hydrogen-bond donors (Lipinski definition) is 2. The molecular formula is C24H30N2O6S. The molecule has 0 spiro atoms. The number of thioether (sulfide) groups is 1. The summed E-state index contributed by atoms with van der Waals surface area (Å²) in [4.78, 5) is 53.4. The monoisotopic (exact) mass is 474 g/mol. The fourth-order valence-electron chi connectivity index (χ4n) is 3.33. The molecule has 178 valence electrons. The first kappa shape index (κ1) is 26.2. The van der Waals surface area contributed by atoms with E-state index < -0.39 is 35.8 Å². The number of aryl methyl sites for hydroxylation is 1. The number of carbonyl (C=O) groups excluding carboxylic acids is 4. The van der Waals surface area contributed by atoms with Gasteiger partial charge in [-0.1, -0.05) is 18.2 Å². The van der Waals surface area contributed by atoms with Crippen molar-refractivity contribution in [1.82, 2.24) is 10.3 Å². The number of benzene rings is 1. The van der Waals surface area contributed by atoms with E-state index in [9.17, 15) is 19.2 Å². The van der Waals surface area contributed by atoms with E-state index in [2.05, 4.69) is 10.3 Å². The summed E-state index contributed by atoms with van der Waals surface area (Å²) in [5.74, 6) is -1.46. The zero-order chi connectivity index (χ0) is 24.5. The quantitative estimate of drug-likeness (QED) is 0.378. The Morgan fingerprint density at radius 2 is 1.79 bits per heavy atom. The van der Waals surface area contributed by atoms with Gasteiger partial charge in [-0.15, -0.1) is 0 Å². The van der Waals surface area contributed by atoms with Crippen LogP contribution in [-0.2, 0) is 14.3 Å². The van der Waals surface area contributed by atoms with Crippen molar-refractivity contribution in [2.24, 2.45) is 0 Å². The molecule has 0 bridgehead atoms. The first-order valence-electron chi connectivity index (χ1n) is 10.7. The maximum atomic E-state index is 13.0. The molecule has 0 aliphatic carbocycles. The zero-order valence-electron chi connectivity index (χ0n) is 19.5. The number of amides is 1. The molecule has 0 fully saturated rings. The molecule has 0 saturated carbocycles. The number of aromatic nitrogens is 1. The van der Waals surface area contributed by atoms with Crippen molar-refractivity contribution in [3.05, 3.63) is 58.4 Å². The minimum absolute atomic E-state index is 0.185. The average Bonchev–Trinajstić information content (AvgIpc) is 3.10. The number of carbonyl (C=O) groups is 4. The third kappa shape index (κ3) is 6.71. The molecule has 2 rings (SSSR count). The second-order valence-electron chi connectivity index (χ2n) is 7.46. The molecule has 9 heteroatoms. The number of ether oxygens (including phenoxy) is 2. The highest BCUT2D eigenvalue weighted by molar-refractivity contribution is 7.98. The average molecular weight is 475 g/mol. The SMILES string of the molecule is CCOC(=O)c1c(C)[nH]c(C(=O)[C@@H](C)OC(=O)[C@H](CCSC)NC(=O)c2ccccc2)c1C. The Balaban J connectivity index is 2.14. The van der Waals surface area contributed by atoms with Gasteiger partial charge in [-0.25, -0.2) is 9.59 Å². The third-order valence-electron chi connectivity index (χ3n) is 5.06. The Labute approximate surface area is 197 Å². The van der Waals surface area contributed by atoms with Gasteiger partial charge in [-0.05, 0) is 63.8 Å². The van der Waals surface area contributed by atoms with Gasteiger partial charge in [-0.3, -0.25) is 9.59 Å². The van der Waals surface area contributed by atoms with Crippen LogP contribution in [0.2, 0.25) is 0 Å². The van der Waals surface area contributed by atoms with Crippen LogP contribution in [0.15, 0.2) is 30.3 Å². The van der Waals surface area contributed by atoms with Gasteiger partial charge < -0.3 is 19.8 Å². The van der Waals surface area contributed by atoms with Gasteiger partial charge in [0.1, 0.15) is 6.04 Å². The van der Waals surface area contributed by atoms with E-state index in [0.717, 1.165) is 0 Å². The second kappa shape index (κ2) is 12.2. The summed E-state index contributed by atoms with van der Waals surface area (Å²) in [6.45, 7) is 6.69.